The summed E-state index contributed by atoms with van der Waals surface area (Å²) in [5.74, 6) is 2.06. The van der Waals surface area contributed by atoms with Gasteiger partial charge in [-0.3, -0.25) is 14.7 Å². The molecule has 0 radical (unpaired) electrons. The van der Waals surface area contributed by atoms with Gasteiger partial charge in [0.1, 0.15) is 12.7 Å². The number of aromatic nitrogens is 1. The minimum absolute atomic E-state index is 0.00920. The number of nitrogens with one attached hydrogen (secondary N) is 1. The number of carbonyl (C=O) groups excluding carboxylic acids is 1. The number of carbonyl (C=O) groups is 1. The van der Waals surface area contributed by atoms with Crippen molar-refractivity contribution in [2.45, 2.75) is 32.3 Å². The molecule has 1 saturated heterocycles. The topological polar surface area (TPSA) is 63.7 Å². The summed E-state index contributed by atoms with van der Waals surface area (Å²) in [6, 6.07) is 9.31. The number of hydrogen-bond donors (Lipinski definition) is 1. The Morgan fingerprint density at radius 1 is 1.27 bits per heavy atom. The number of piperidine rings is 1. The van der Waals surface area contributed by atoms with Gasteiger partial charge in [0.25, 0.3) is 0 Å². The van der Waals surface area contributed by atoms with Crippen LogP contribution in [0.1, 0.15) is 24.1 Å². The van der Waals surface area contributed by atoms with E-state index in [1.54, 1.807) is 6.20 Å². The van der Waals surface area contributed by atoms with Crippen LogP contribution in [-0.4, -0.2) is 54.7 Å². The molecule has 0 bridgehead atoms. The van der Waals surface area contributed by atoms with E-state index in [0.29, 0.717) is 24.0 Å². The highest BCUT2D eigenvalue weighted by Crippen LogP contribution is 2.34. The SMILES string of the molecule is Cc1ncccc1CC(=O)NCC1CCN(CC2COc3ccc(Cl)cc3O2)CC1. The third-order valence-corrected chi connectivity index (χ3v) is 6.08. The van der Waals surface area contributed by atoms with Crippen molar-refractivity contribution < 1.29 is 14.3 Å². The van der Waals surface area contributed by atoms with Gasteiger partial charge in [-0.15, -0.1) is 0 Å². The highest BCUT2D eigenvalue weighted by Gasteiger charge is 2.26. The van der Waals surface area contributed by atoms with Crippen molar-refractivity contribution in [3.05, 3.63) is 52.8 Å². The fraction of sp³-hybridized carbons (Fsp3) is 0.478. The number of hydrogen-bond acceptors (Lipinski definition) is 5. The molecule has 1 atom stereocenters. The number of fused-ring (bicyclic) bond motifs is 1. The number of likely N-dealkylation sites (tertiary alicyclic amines) is 1. The number of rotatable bonds is 6. The Morgan fingerprint density at radius 3 is 2.90 bits per heavy atom. The quantitative estimate of drug-likeness (QED) is 0.763. The van der Waals surface area contributed by atoms with Crippen LogP contribution in [0.25, 0.3) is 0 Å². The molecule has 6 nitrogen and oxygen atoms in total. The molecule has 1 aromatic heterocycles. The van der Waals surface area contributed by atoms with Crippen molar-refractivity contribution in [3.8, 4) is 11.5 Å². The molecule has 2 aliphatic rings. The van der Waals surface area contributed by atoms with Gasteiger partial charge in [-0.25, -0.2) is 0 Å². The van der Waals surface area contributed by atoms with Crippen LogP contribution >= 0.6 is 11.6 Å². The maximum Gasteiger partial charge on any atom is 0.224 e. The molecule has 1 fully saturated rings. The van der Waals surface area contributed by atoms with E-state index in [-0.39, 0.29) is 12.0 Å². The predicted molar refractivity (Wildman–Crippen MR) is 116 cm³/mol. The van der Waals surface area contributed by atoms with Gasteiger partial charge in [0.2, 0.25) is 5.91 Å². The summed E-state index contributed by atoms with van der Waals surface area (Å²) in [6.07, 6.45) is 4.30. The van der Waals surface area contributed by atoms with Gasteiger partial charge in [0.05, 0.1) is 6.42 Å². The average Bonchev–Trinajstić information content (AvgIpc) is 2.75. The lowest BCUT2D eigenvalue weighted by molar-refractivity contribution is -0.120. The van der Waals surface area contributed by atoms with Gasteiger partial charge in [-0.1, -0.05) is 17.7 Å². The summed E-state index contributed by atoms with van der Waals surface area (Å²) >= 11 is 6.06. The first-order valence-electron chi connectivity index (χ1n) is 10.6. The molecule has 160 valence electrons. The smallest absolute Gasteiger partial charge is 0.224 e. The standard InChI is InChI=1S/C23H28ClN3O3/c1-16-18(3-2-8-25-16)11-23(28)26-13-17-6-9-27(10-7-17)14-20-15-29-21-5-4-19(24)12-22(21)30-20/h2-5,8,12,17,20H,6-7,9-11,13-15H2,1H3,(H,26,28). The van der Waals surface area contributed by atoms with Gasteiger partial charge >= 0.3 is 0 Å². The zero-order valence-electron chi connectivity index (χ0n) is 17.3. The molecule has 0 saturated carbocycles. The summed E-state index contributed by atoms with van der Waals surface area (Å²) in [4.78, 5) is 18.9. The third kappa shape index (κ3) is 5.43. The number of amides is 1. The zero-order chi connectivity index (χ0) is 20.9. The van der Waals surface area contributed by atoms with Gasteiger partial charge in [-0.2, -0.15) is 0 Å². The second kappa shape index (κ2) is 9.67. The summed E-state index contributed by atoms with van der Waals surface area (Å²) in [6.45, 7) is 6.08. The monoisotopic (exact) mass is 429 g/mol. The number of nitrogens with zero attached hydrogens (tertiary/aromatic N) is 2. The van der Waals surface area contributed by atoms with E-state index in [0.717, 1.165) is 61.8 Å². The lowest BCUT2D eigenvalue weighted by Crippen LogP contribution is -2.45. The van der Waals surface area contributed by atoms with E-state index < -0.39 is 0 Å². The number of halogens is 1. The lowest BCUT2D eigenvalue weighted by Gasteiger charge is -2.35. The van der Waals surface area contributed by atoms with Crippen LogP contribution in [0.5, 0.6) is 11.5 Å². The van der Waals surface area contributed by atoms with Crippen molar-refractivity contribution >= 4 is 17.5 Å². The average molecular weight is 430 g/mol. The Hall–Kier alpha value is -2.31. The number of benzene rings is 1. The zero-order valence-corrected chi connectivity index (χ0v) is 18.0. The maximum atomic E-state index is 12.3. The van der Waals surface area contributed by atoms with E-state index in [1.165, 1.54) is 0 Å². The molecular weight excluding hydrogens is 402 g/mol. The summed E-state index contributed by atoms with van der Waals surface area (Å²) < 4.78 is 11.9. The minimum Gasteiger partial charge on any atom is -0.486 e. The van der Waals surface area contributed by atoms with Crippen LogP contribution in [0.3, 0.4) is 0 Å². The van der Waals surface area contributed by atoms with Crippen molar-refractivity contribution in [2.24, 2.45) is 5.92 Å². The molecule has 3 heterocycles. The lowest BCUT2D eigenvalue weighted by atomic mass is 9.96. The van der Waals surface area contributed by atoms with Crippen LogP contribution in [0.4, 0.5) is 0 Å². The van der Waals surface area contributed by atoms with Crippen LogP contribution in [0.2, 0.25) is 5.02 Å². The number of ether oxygens (including phenoxy) is 2. The fourth-order valence-electron chi connectivity index (χ4n) is 4.04. The molecule has 7 heteroatoms. The number of pyridine rings is 1. The van der Waals surface area contributed by atoms with Crippen molar-refractivity contribution in [3.63, 3.8) is 0 Å². The minimum atomic E-state index is 0.00920. The van der Waals surface area contributed by atoms with Crippen molar-refractivity contribution in [2.75, 3.05) is 32.8 Å². The van der Waals surface area contributed by atoms with Gasteiger partial charge < -0.3 is 14.8 Å². The molecule has 1 amide bonds. The molecule has 1 unspecified atom stereocenters. The van der Waals surface area contributed by atoms with E-state index >= 15 is 0 Å². The van der Waals surface area contributed by atoms with Crippen molar-refractivity contribution in [1.29, 1.82) is 0 Å². The molecule has 4 rings (SSSR count). The molecule has 1 aromatic carbocycles. The van der Waals surface area contributed by atoms with Crippen molar-refractivity contribution in [1.82, 2.24) is 15.2 Å². The van der Waals surface area contributed by atoms with E-state index in [4.69, 9.17) is 21.1 Å². The van der Waals surface area contributed by atoms with E-state index in [1.807, 2.05) is 37.3 Å². The Morgan fingerprint density at radius 2 is 2.10 bits per heavy atom. The van der Waals surface area contributed by atoms with Gasteiger partial charge in [-0.05, 0) is 62.5 Å². The van der Waals surface area contributed by atoms with Gasteiger partial charge in [0, 0.05) is 36.1 Å². The third-order valence-electron chi connectivity index (χ3n) is 5.85. The molecule has 30 heavy (non-hydrogen) atoms. The maximum absolute atomic E-state index is 12.3. The van der Waals surface area contributed by atoms with Crippen LogP contribution in [0.15, 0.2) is 36.5 Å². The first kappa shape index (κ1) is 20.9. The predicted octanol–water partition coefficient (Wildman–Crippen LogP) is 3.25. The van der Waals surface area contributed by atoms with Crippen LogP contribution < -0.4 is 14.8 Å². The first-order chi connectivity index (χ1) is 14.6. The summed E-state index contributed by atoms with van der Waals surface area (Å²) in [5.41, 5.74) is 1.90. The summed E-state index contributed by atoms with van der Waals surface area (Å²) in [5, 5.41) is 3.75. The van der Waals surface area contributed by atoms with E-state index in [9.17, 15) is 4.79 Å². The molecule has 2 aromatic rings. The van der Waals surface area contributed by atoms with E-state index in [2.05, 4.69) is 15.2 Å². The number of aryl methyl sites for hydroxylation is 1. The van der Waals surface area contributed by atoms with Crippen LogP contribution in [-0.2, 0) is 11.2 Å². The molecule has 1 N–H and O–H groups in total. The van der Waals surface area contributed by atoms with Gasteiger partial charge in [0.15, 0.2) is 11.5 Å². The highest BCUT2D eigenvalue weighted by atomic mass is 35.5. The second-order valence-corrected chi connectivity index (χ2v) is 8.55. The summed E-state index contributed by atoms with van der Waals surface area (Å²) in [7, 11) is 0. The molecular formula is C23H28ClN3O3. The normalized spacial score (nSPS) is 19.5. The largest absolute Gasteiger partial charge is 0.486 e. The molecule has 0 spiro atoms. The Bertz CT molecular complexity index is 884. The highest BCUT2D eigenvalue weighted by molar-refractivity contribution is 6.30. The Labute approximate surface area is 182 Å². The Kier molecular flexibility index (Phi) is 6.75. The fourth-order valence-corrected chi connectivity index (χ4v) is 4.20. The molecule has 0 aliphatic carbocycles. The molecule has 2 aliphatic heterocycles. The van der Waals surface area contributed by atoms with Crippen LogP contribution in [0, 0.1) is 12.8 Å². The first-order valence-corrected chi connectivity index (χ1v) is 10.9. The second-order valence-electron chi connectivity index (χ2n) is 8.11. The Balaban J connectivity index is 1.17.